The van der Waals surface area contributed by atoms with Crippen LogP contribution in [0.3, 0.4) is 0 Å². The van der Waals surface area contributed by atoms with Crippen molar-refractivity contribution in [1.29, 1.82) is 0 Å². The van der Waals surface area contributed by atoms with E-state index in [1.807, 2.05) is 13.0 Å². The van der Waals surface area contributed by atoms with E-state index in [1.54, 1.807) is 55.1 Å². The lowest BCUT2D eigenvalue weighted by molar-refractivity contribution is 0.177. The number of methoxy groups -OCH3 is 1. The number of anilines is 1. The second-order valence-electron chi connectivity index (χ2n) is 7.03. The molecular weight excluding hydrogens is 439 g/mol. The first kappa shape index (κ1) is 23.1. The van der Waals surface area contributed by atoms with Crippen molar-refractivity contribution in [3.63, 3.8) is 0 Å². The molecule has 3 aromatic rings. The molecule has 1 atom stereocenters. The third-order valence-corrected chi connectivity index (χ3v) is 5.79. The highest BCUT2D eigenvalue weighted by Gasteiger charge is 2.26. The zero-order valence-electron chi connectivity index (χ0n) is 17.6. The second-order valence-corrected chi connectivity index (χ2v) is 7.85. The Labute approximate surface area is 190 Å². The topological polar surface area (TPSA) is 76.5 Å². The van der Waals surface area contributed by atoms with Crippen LogP contribution < -0.4 is 10.9 Å². The molecule has 0 saturated heterocycles. The van der Waals surface area contributed by atoms with Gasteiger partial charge in [-0.3, -0.25) is 9.36 Å². The lowest BCUT2D eigenvalue weighted by Crippen LogP contribution is -2.39. The lowest BCUT2D eigenvalue weighted by atomic mass is 10.1. The van der Waals surface area contributed by atoms with Crippen LogP contribution in [0.25, 0.3) is 10.9 Å². The summed E-state index contributed by atoms with van der Waals surface area (Å²) >= 11 is 12.0. The summed E-state index contributed by atoms with van der Waals surface area (Å²) in [5.74, 6) is 0.509. The molecule has 2 aromatic carbocycles. The van der Waals surface area contributed by atoms with Crippen LogP contribution in [0.1, 0.15) is 25.2 Å². The van der Waals surface area contributed by atoms with Gasteiger partial charge in [0.1, 0.15) is 5.82 Å². The highest BCUT2D eigenvalue weighted by Crippen LogP contribution is 2.27. The molecule has 0 saturated carbocycles. The summed E-state index contributed by atoms with van der Waals surface area (Å²) in [4.78, 5) is 32.4. The molecular formula is C22H24Cl2N4O3. The summed E-state index contributed by atoms with van der Waals surface area (Å²) in [6.07, 6.45) is 0.559. The number of benzene rings is 2. The number of hydrogen-bond acceptors (Lipinski definition) is 4. The number of fused-ring (bicyclic) bond motifs is 1. The van der Waals surface area contributed by atoms with Crippen LogP contribution in [0.5, 0.6) is 0 Å². The van der Waals surface area contributed by atoms with Crippen LogP contribution in [-0.4, -0.2) is 41.2 Å². The molecule has 1 aromatic heterocycles. The van der Waals surface area contributed by atoms with E-state index in [0.717, 1.165) is 0 Å². The Kier molecular flexibility index (Phi) is 7.54. The first-order chi connectivity index (χ1) is 14.9. The fourth-order valence-corrected chi connectivity index (χ4v) is 3.69. The van der Waals surface area contributed by atoms with Gasteiger partial charge in [0.05, 0.1) is 40.1 Å². The van der Waals surface area contributed by atoms with Gasteiger partial charge in [0, 0.05) is 19.8 Å². The number of para-hydroxylation sites is 1. The van der Waals surface area contributed by atoms with Crippen molar-refractivity contribution in [2.45, 2.75) is 25.9 Å². The zero-order chi connectivity index (χ0) is 22.5. The van der Waals surface area contributed by atoms with Crippen LogP contribution in [0.4, 0.5) is 10.5 Å². The Morgan fingerprint density at radius 3 is 2.65 bits per heavy atom. The summed E-state index contributed by atoms with van der Waals surface area (Å²) in [6.45, 7) is 2.62. The van der Waals surface area contributed by atoms with Crippen LogP contribution in [0, 0.1) is 0 Å². The van der Waals surface area contributed by atoms with Crippen molar-refractivity contribution in [2.24, 2.45) is 0 Å². The van der Waals surface area contributed by atoms with E-state index in [1.165, 1.54) is 4.90 Å². The van der Waals surface area contributed by atoms with Gasteiger partial charge in [0.2, 0.25) is 0 Å². The van der Waals surface area contributed by atoms with E-state index >= 15 is 0 Å². The minimum Gasteiger partial charge on any atom is -0.383 e. The SMILES string of the molecule is CCC(c1nc2ccccc2c(=O)n1CCOC)N(C)C(=O)Nc1ccc(Cl)c(Cl)c1. The number of nitrogens with zero attached hydrogens (tertiary/aromatic N) is 3. The molecule has 7 nitrogen and oxygen atoms in total. The van der Waals surface area contributed by atoms with Gasteiger partial charge in [-0.25, -0.2) is 9.78 Å². The minimum atomic E-state index is -0.433. The maximum atomic E-state index is 13.1. The molecule has 1 N–H and O–H groups in total. The Bertz CT molecular complexity index is 1150. The average molecular weight is 463 g/mol. The highest BCUT2D eigenvalue weighted by molar-refractivity contribution is 6.42. The van der Waals surface area contributed by atoms with Crippen molar-refractivity contribution in [3.8, 4) is 0 Å². The van der Waals surface area contributed by atoms with Crippen LogP contribution in [0.2, 0.25) is 10.0 Å². The lowest BCUT2D eigenvalue weighted by Gasteiger charge is -2.29. The van der Waals surface area contributed by atoms with E-state index in [2.05, 4.69) is 5.32 Å². The number of nitrogens with one attached hydrogen (secondary N) is 1. The van der Waals surface area contributed by atoms with Crippen molar-refractivity contribution in [2.75, 3.05) is 26.1 Å². The molecule has 1 heterocycles. The van der Waals surface area contributed by atoms with Gasteiger partial charge < -0.3 is 15.0 Å². The highest BCUT2D eigenvalue weighted by atomic mass is 35.5. The summed E-state index contributed by atoms with van der Waals surface area (Å²) in [6, 6.07) is 11.3. The van der Waals surface area contributed by atoms with E-state index < -0.39 is 6.04 Å². The zero-order valence-corrected chi connectivity index (χ0v) is 19.1. The standard InChI is InChI=1S/C22H24Cl2N4O3/c1-4-19(27(2)22(30)25-14-9-10-16(23)17(24)13-14)20-26-18-8-6-5-7-15(18)21(29)28(20)11-12-31-3/h5-10,13,19H,4,11-12H2,1-3H3,(H,25,30). The van der Waals surface area contributed by atoms with Gasteiger partial charge >= 0.3 is 6.03 Å². The number of aromatic nitrogens is 2. The predicted octanol–water partition coefficient (Wildman–Crippen LogP) is 4.96. The maximum Gasteiger partial charge on any atom is 0.322 e. The average Bonchev–Trinajstić information content (AvgIpc) is 2.76. The minimum absolute atomic E-state index is 0.158. The maximum absolute atomic E-state index is 13.1. The van der Waals surface area contributed by atoms with Gasteiger partial charge in [0.15, 0.2) is 0 Å². The van der Waals surface area contributed by atoms with Gasteiger partial charge in [0.25, 0.3) is 5.56 Å². The van der Waals surface area contributed by atoms with E-state index in [9.17, 15) is 9.59 Å². The molecule has 2 amide bonds. The largest absolute Gasteiger partial charge is 0.383 e. The molecule has 31 heavy (non-hydrogen) atoms. The number of carbonyl (C=O) groups is 1. The molecule has 1 unspecified atom stereocenters. The quantitative estimate of drug-likeness (QED) is 0.537. The third-order valence-electron chi connectivity index (χ3n) is 5.05. The van der Waals surface area contributed by atoms with Crippen molar-refractivity contribution in [3.05, 3.63) is 68.7 Å². The Morgan fingerprint density at radius 1 is 1.23 bits per heavy atom. The first-order valence-corrected chi connectivity index (χ1v) is 10.6. The number of ether oxygens (including phenoxy) is 1. The molecule has 9 heteroatoms. The smallest absolute Gasteiger partial charge is 0.322 e. The molecule has 0 aliphatic rings. The van der Waals surface area contributed by atoms with Crippen molar-refractivity contribution < 1.29 is 9.53 Å². The van der Waals surface area contributed by atoms with Crippen LogP contribution in [0.15, 0.2) is 47.3 Å². The van der Waals surface area contributed by atoms with Crippen molar-refractivity contribution >= 4 is 45.8 Å². The Balaban J connectivity index is 1.98. The normalized spacial score (nSPS) is 12.0. The van der Waals surface area contributed by atoms with Crippen LogP contribution in [-0.2, 0) is 11.3 Å². The number of halogens is 2. The molecule has 0 radical (unpaired) electrons. The van der Waals surface area contributed by atoms with E-state index in [4.69, 9.17) is 32.9 Å². The summed E-state index contributed by atoms with van der Waals surface area (Å²) in [5, 5.41) is 4.09. The van der Waals surface area contributed by atoms with Crippen molar-refractivity contribution in [1.82, 2.24) is 14.5 Å². The summed E-state index contributed by atoms with van der Waals surface area (Å²) in [5.41, 5.74) is 0.951. The molecule has 3 rings (SSSR count). The number of rotatable bonds is 7. The number of hydrogen-bond donors (Lipinski definition) is 1. The van der Waals surface area contributed by atoms with Gasteiger partial charge in [-0.15, -0.1) is 0 Å². The number of carbonyl (C=O) groups excluding carboxylic acids is 1. The number of urea groups is 1. The molecule has 0 spiro atoms. The molecule has 0 bridgehead atoms. The third kappa shape index (κ3) is 5.01. The second kappa shape index (κ2) is 10.1. The van der Waals surface area contributed by atoms with E-state index in [0.29, 0.717) is 52.0 Å². The predicted molar refractivity (Wildman–Crippen MR) is 124 cm³/mol. The van der Waals surface area contributed by atoms with Crippen LogP contribution >= 0.6 is 23.2 Å². The monoisotopic (exact) mass is 462 g/mol. The molecule has 164 valence electrons. The van der Waals surface area contributed by atoms with Gasteiger partial charge in [-0.1, -0.05) is 42.3 Å². The fraction of sp³-hybridized carbons (Fsp3) is 0.318. The fourth-order valence-electron chi connectivity index (χ4n) is 3.39. The van der Waals surface area contributed by atoms with E-state index in [-0.39, 0.29) is 11.6 Å². The molecule has 0 aliphatic carbocycles. The first-order valence-electron chi connectivity index (χ1n) is 9.84. The molecule has 0 aliphatic heterocycles. The van der Waals surface area contributed by atoms with Gasteiger partial charge in [-0.05, 0) is 36.8 Å². The Morgan fingerprint density at radius 2 is 1.97 bits per heavy atom. The number of amides is 2. The van der Waals surface area contributed by atoms with Gasteiger partial charge in [-0.2, -0.15) is 0 Å². The Hall–Kier alpha value is -2.61. The summed E-state index contributed by atoms with van der Waals surface area (Å²) < 4.78 is 6.77. The molecule has 0 fully saturated rings. The summed E-state index contributed by atoms with van der Waals surface area (Å²) in [7, 11) is 3.25.